The van der Waals surface area contributed by atoms with Gasteiger partial charge in [0, 0.05) is 25.3 Å². The van der Waals surface area contributed by atoms with Gasteiger partial charge in [0.15, 0.2) is 10.1 Å². The fourth-order valence-corrected chi connectivity index (χ4v) is 4.57. The molecule has 3 rings (SSSR count). The first-order valence-electron chi connectivity index (χ1n) is 9.71. The molecule has 32 heavy (non-hydrogen) atoms. The van der Waals surface area contributed by atoms with E-state index in [0.29, 0.717) is 21.8 Å². The van der Waals surface area contributed by atoms with E-state index in [0.717, 1.165) is 22.0 Å². The normalized spacial score (nSPS) is 11.0. The van der Waals surface area contributed by atoms with Crippen molar-refractivity contribution in [3.05, 3.63) is 50.7 Å². The molecule has 0 aliphatic rings. The number of aromatic nitrogens is 4. The highest BCUT2D eigenvalue weighted by Crippen LogP contribution is 2.29. The molecule has 3 aromatic rings. The van der Waals surface area contributed by atoms with Crippen molar-refractivity contribution in [3.8, 4) is 5.75 Å². The largest absolute Gasteiger partial charge is 0.497 e. The van der Waals surface area contributed by atoms with Crippen LogP contribution in [0.5, 0.6) is 5.75 Å². The van der Waals surface area contributed by atoms with Crippen molar-refractivity contribution < 1.29 is 9.53 Å². The molecule has 2 aromatic heterocycles. The lowest BCUT2D eigenvalue weighted by Gasteiger charge is -2.15. The third-order valence-corrected chi connectivity index (χ3v) is 6.44. The highest BCUT2D eigenvalue weighted by atomic mass is 32.2. The smallest absolute Gasteiger partial charge is 0.332 e. The number of benzene rings is 1. The summed E-state index contributed by atoms with van der Waals surface area (Å²) in [5, 5.41) is 11.8. The Hall–Kier alpha value is -3.12. The zero-order chi connectivity index (χ0) is 23.4. The number of thioether (sulfide) groups is 1. The first kappa shape index (κ1) is 23.5. The lowest BCUT2D eigenvalue weighted by molar-refractivity contribution is 0.102. The van der Waals surface area contributed by atoms with Gasteiger partial charge in [-0.25, -0.2) is 4.79 Å². The van der Waals surface area contributed by atoms with E-state index in [4.69, 9.17) is 10.5 Å². The molecule has 0 saturated carbocycles. The van der Waals surface area contributed by atoms with Gasteiger partial charge in [-0.1, -0.05) is 43.0 Å². The van der Waals surface area contributed by atoms with E-state index in [2.05, 4.69) is 15.5 Å². The van der Waals surface area contributed by atoms with Crippen molar-refractivity contribution >= 4 is 45.5 Å². The van der Waals surface area contributed by atoms with Gasteiger partial charge < -0.3 is 15.8 Å². The van der Waals surface area contributed by atoms with Crippen LogP contribution in [-0.4, -0.2) is 38.0 Å². The zero-order valence-corrected chi connectivity index (χ0v) is 19.7. The van der Waals surface area contributed by atoms with E-state index in [1.165, 1.54) is 23.0 Å². The molecule has 0 unspecified atom stereocenters. The molecule has 12 heteroatoms. The predicted molar refractivity (Wildman–Crippen MR) is 126 cm³/mol. The van der Waals surface area contributed by atoms with Crippen molar-refractivity contribution in [2.75, 3.05) is 23.9 Å². The van der Waals surface area contributed by atoms with Crippen LogP contribution in [0.25, 0.3) is 0 Å². The van der Waals surface area contributed by atoms with Gasteiger partial charge in [0.2, 0.25) is 5.13 Å². The Labute approximate surface area is 192 Å². The monoisotopic (exact) mass is 476 g/mol. The second-order valence-electron chi connectivity index (χ2n) is 7.35. The first-order valence-corrected chi connectivity index (χ1v) is 11.5. The lowest BCUT2D eigenvalue weighted by atomic mass is 10.2. The number of hydrogen-bond donors (Lipinski definition) is 2. The average Bonchev–Trinajstić information content (AvgIpc) is 3.21. The molecule has 2 heterocycles. The van der Waals surface area contributed by atoms with Gasteiger partial charge in [-0.2, -0.15) is 0 Å². The van der Waals surface area contributed by atoms with Gasteiger partial charge in [0.1, 0.15) is 17.1 Å². The second-order valence-corrected chi connectivity index (χ2v) is 9.55. The van der Waals surface area contributed by atoms with E-state index < -0.39 is 17.0 Å². The minimum Gasteiger partial charge on any atom is -0.497 e. The van der Waals surface area contributed by atoms with Gasteiger partial charge in [0.05, 0.1) is 12.9 Å². The maximum Gasteiger partial charge on any atom is 0.332 e. The summed E-state index contributed by atoms with van der Waals surface area (Å²) in [6.07, 6.45) is 0. The minimum absolute atomic E-state index is 0.0624. The molecule has 1 aromatic carbocycles. The number of carbonyl (C=O) groups is 1. The predicted octanol–water partition coefficient (Wildman–Crippen LogP) is 2.36. The molecule has 0 radical (unpaired) electrons. The van der Waals surface area contributed by atoms with Gasteiger partial charge in [-0.3, -0.25) is 18.7 Å². The van der Waals surface area contributed by atoms with Crippen LogP contribution in [-0.2, 0) is 13.6 Å². The van der Waals surface area contributed by atoms with Crippen molar-refractivity contribution in [1.29, 1.82) is 0 Å². The van der Waals surface area contributed by atoms with Crippen LogP contribution in [0.3, 0.4) is 0 Å². The van der Waals surface area contributed by atoms with Crippen LogP contribution in [0.4, 0.5) is 16.6 Å². The Morgan fingerprint density at radius 2 is 2.06 bits per heavy atom. The lowest BCUT2D eigenvalue weighted by Crippen LogP contribution is -2.43. The quantitative estimate of drug-likeness (QED) is 0.352. The van der Waals surface area contributed by atoms with Crippen LogP contribution < -0.4 is 27.0 Å². The van der Waals surface area contributed by atoms with Crippen LogP contribution in [0.2, 0.25) is 0 Å². The van der Waals surface area contributed by atoms with Gasteiger partial charge in [-0.05, 0) is 18.1 Å². The molecule has 0 fully saturated rings. The molecule has 0 bridgehead atoms. The van der Waals surface area contributed by atoms with Crippen LogP contribution >= 0.6 is 23.1 Å². The Morgan fingerprint density at radius 1 is 1.31 bits per heavy atom. The van der Waals surface area contributed by atoms with Gasteiger partial charge in [-0.15, -0.1) is 10.2 Å². The van der Waals surface area contributed by atoms with Crippen molar-refractivity contribution in [1.82, 2.24) is 19.3 Å². The fourth-order valence-electron chi connectivity index (χ4n) is 2.93. The number of methoxy groups -OCH3 is 1. The number of carbonyl (C=O) groups excluding carboxylic acids is 1. The maximum atomic E-state index is 12.8. The third kappa shape index (κ3) is 5.19. The summed E-state index contributed by atoms with van der Waals surface area (Å²) < 4.78 is 7.93. The number of nitrogens with one attached hydrogen (secondary N) is 1. The average molecular weight is 477 g/mol. The van der Waals surface area contributed by atoms with Crippen LogP contribution in [0.15, 0.2) is 38.2 Å². The highest BCUT2D eigenvalue weighted by molar-refractivity contribution is 8.01. The molecule has 3 N–H and O–H groups in total. The molecular weight excluding hydrogens is 452 g/mol. The standard InChI is InChI=1S/C20H24N6O4S2/c1-11(2)9-26-16(21)15(17(28)25(3)20(26)29)14(27)10-31-19-24-23-18(32-19)22-12-6-5-7-13(8-12)30-4/h5-8,11H,9-10,21H2,1-4H3,(H,22,23). The number of ether oxygens (including phenoxy) is 1. The molecule has 0 aliphatic heterocycles. The summed E-state index contributed by atoms with van der Waals surface area (Å²) in [6, 6.07) is 7.37. The summed E-state index contributed by atoms with van der Waals surface area (Å²) in [6.45, 7) is 4.14. The number of hydrogen-bond acceptors (Lipinski definition) is 10. The van der Waals surface area contributed by atoms with E-state index in [1.54, 1.807) is 7.11 Å². The fraction of sp³-hybridized carbons (Fsp3) is 0.350. The summed E-state index contributed by atoms with van der Waals surface area (Å²) in [5.74, 6) is 0.185. The highest BCUT2D eigenvalue weighted by Gasteiger charge is 2.22. The Morgan fingerprint density at radius 3 is 2.75 bits per heavy atom. The molecule has 10 nitrogen and oxygen atoms in total. The van der Waals surface area contributed by atoms with E-state index in [9.17, 15) is 14.4 Å². The number of nitrogens with two attached hydrogens (primary N) is 1. The van der Waals surface area contributed by atoms with Gasteiger partial charge >= 0.3 is 5.69 Å². The second kappa shape index (κ2) is 10.0. The summed E-state index contributed by atoms with van der Waals surface area (Å²) in [5.41, 5.74) is 5.43. The molecule has 0 spiro atoms. The summed E-state index contributed by atoms with van der Waals surface area (Å²) in [7, 11) is 2.93. The minimum atomic E-state index is -0.698. The number of anilines is 3. The molecular formula is C20H24N6O4S2. The van der Waals surface area contributed by atoms with E-state index in [-0.39, 0.29) is 23.1 Å². The molecule has 0 aliphatic carbocycles. The van der Waals surface area contributed by atoms with E-state index in [1.807, 2.05) is 38.1 Å². The molecule has 0 saturated heterocycles. The van der Waals surface area contributed by atoms with Crippen LogP contribution in [0, 0.1) is 5.92 Å². The number of nitrogen functional groups attached to an aromatic ring is 1. The molecule has 0 amide bonds. The van der Waals surface area contributed by atoms with Crippen molar-refractivity contribution in [2.45, 2.75) is 24.7 Å². The Balaban J connectivity index is 1.74. The van der Waals surface area contributed by atoms with Gasteiger partial charge in [0.25, 0.3) is 5.56 Å². The number of ketones is 1. The van der Waals surface area contributed by atoms with Crippen molar-refractivity contribution in [2.24, 2.45) is 13.0 Å². The summed E-state index contributed by atoms with van der Waals surface area (Å²) in [4.78, 5) is 37.8. The Kier molecular flexibility index (Phi) is 7.36. The maximum absolute atomic E-state index is 12.8. The third-order valence-electron chi connectivity index (χ3n) is 4.46. The number of Topliss-reactive ketones (excluding diaryl/α,β-unsaturated/α-hetero) is 1. The van der Waals surface area contributed by atoms with E-state index >= 15 is 0 Å². The van der Waals surface area contributed by atoms with Crippen molar-refractivity contribution in [3.63, 3.8) is 0 Å². The van der Waals surface area contributed by atoms with Crippen LogP contribution in [0.1, 0.15) is 24.2 Å². The first-order chi connectivity index (χ1) is 15.2. The topological polar surface area (TPSA) is 134 Å². The number of rotatable bonds is 9. The SMILES string of the molecule is COc1cccc(Nc2nnc(SCC(=O)c3c(N)n(CC(C)C)c(=O)n(C)c3=O)s2)c1. The zero-order valence-electron chi connectivity index (χ0n) is 18.1. The number of nitrogens with zero attached hydrogens (tertiary/aromatic N) is 4. The summed E-state index contributed by atoms with van der Waals surface area (Å²) >= 11 is 2.42. The Bertz CT molecular complexity index is 1250. The molecule has 170 valence electrons. The molecule has 0 atom stereocenters.